The molecule has 0 radical (unpaired) electrons. The lowest BCUT2D eigenvalue weighted by atomic mass is 10.1. The van der Waals surface area contributed by atoms with Crippen LogP contribution < -0.4 is 5.32 Å². The lowest BCUT2D eigenvalue weighted by Gasteiger charge is -2.16. The Balaban J connectivity index is 3.42. The van der Waals surface area contributed by atoms with Gasteiger partial charge in [-0.1, -0.05) is 0 Å². The summed E-state index contributed by atoms with van der Waals surface area (Å²) in [6, 6.07) is 0. The van der Waals surface area contributed by atoms with Crippen LogP contribution >= 0.6 is 79.4 Å². The van der Waals surface area contributed by atoms with Gasteiger partial charge in [0, 0.05) is 10.5 Å². The van der Waals surface area contributed by atoms with Crippen molar-refractivity contribution < 1.29 is 29.0 Å². The van der Waals surface area contributed by atoms with Crippen LogP contribution in [-0.4, -0.2) is 34.8 Å². The van der Waals surface area contributed by atoms with Crippen molar-refractivity contribution in [1.29, 1.82) is 0 Å². The fourth-order valence-electron chi connectivity index (χ4n) is 1.48. The van der Waals surface area contributed by atoms with E-state index in [0.717, 1.165) is 6.92 Å². The van der Waals surface area contributed by atoms with Gasteiger partial charge in [-0.05, 0) is 79.4 Å². The van der Waals surface area contributed by atoms with Crippen LogP contribution in [0, 0.1) is 10.7 Å². The maximum atomic E-state index is 11.8. The van der Waals surface area contributed by atoms with Crippen molar-refractivity contribution in [1.82, 2.24) is 0 Å². The molecule has 0 aliphatic rings. The number of esters is 1. The summed E-state index contributed by atoms with van der Waals surface area (Å²) in [5, 5.41) is 10.9. The lowest BCUT2D eigenvalue weighted by Crippen LogP contribution is -2.23. The second kappa shape index (κ2) is 8.75. The highest BCUT2D eigenvalue weighted by atomic mass is 127. The number of rotatable bonds is 5. The van der Waals surface area contributed by atoms with Crippen LogP contribution in [0.1, 0.15) is 27.6 Å². The van der Waals surface area contributed by atoms with Crippen molar-refractivity contribution in [2.24, 2.45) is 0 Å². The summed E-state index contributed by atoms with van der Waals surface area (Å²) in [5.41, 5.74) is -0.0166. The monoisotopic (exact) mass is 677 g/mol. The van der Waals surface area contributed by atoms with Gasteiger partial charge in [-0.2, -0.15) is 0 Å². The Bertz CT molecular complexity index is 680. The Labute approximate surface area is 176 Å². The van der Waals surface area contributed by atoms with Crippen molar-refractivity contribution in [2.45, 2.75) is 6.92 Å². The number of carboxylic acid groups (broad SMARTS) is 1. The highest BCUT2D eigenvalue weighted by Crippen LogP contribution is 2.36. The average Bonchev–Trinajstić information content (AvgIpc) is 2.40. The third-order valence-corrected chi connectivity index (χ3v) is 5.82. The van der Waals surface area contributed by atoms with Crippen molar-refractivity contribution in [3.8, 4) is 0 Å². The maximum Gasteiger partial charge on any atom is 0.337 e. The molecule has 23 heavy (non-hydrogen) atoms. The Morgan fingerprint density at radius 1 is 1.09 bits per heavy atom. The molecule has 7 nitrogen and oxygen atoms in total. The standard InChI is InChI=1S/C12H7ClI3NO6/c1-3(18)23-2-4(19)17-10-8(15)5(11(13)20)7(14)6(9(10)16)12(21)22/h2H2,1H3,(H,17,19)(H,21,22). The van der Waals surface area contributed by atoms with E-state index in [-0.39, 0.29) is 24.0 Å². The fraction of sp³-hybridized carbons (Fsp3) is 0.167. The molecule has 0 aliphatic heterocycles. The SMILES string of the molecule is CC(=O)OCC(=O)Nc1c(I)c(C(=O)O)c(I)c(C(=O)Cl)c1I. The van der Waals surface area contributed by atoms with Crippen molar-refractivity contribution in [3.05, 3.63) is 21.8 Å². The smallest absolute Gasteiger partial charge is 0.337 e. The number of halogens is 4. The molecule has 0 aromatic heterocycles. The number of amides is 1. The topological polar surface area (TPSA) is 110 Å². The summed E-state index contributed by atoms with van der Waals surface area (Å²) in [6.45, 7) is 0.624. The summed E-state index contributed by atoms with van der Waals surface area (Å²) in [5.74, 6) is -2.55. The molecule has 11 heteroatoms. The molecule has 1 aromatic rings. The molecule has 0 saturated carbocycles. The number of nitrogens with one attached hydrogen (secondary N) is 1. The number of aromatic carboxylic acids is 1. The Kier molecular flexibility index (Phi) is 7.92. The van der Waals surface area contributed by atoms with Gasteiger partial charge in [0.15, 0.2) is 6.61 Å². The minimum absolute atomic E-state index is 0.00605. The van der Waals surface area contributed by atoms with Gasteiger partial charge >= 0.3 is 11.9 Å². The quantitative estimate of drug-likeness (QED) is 0.282. The van der Waals surface area contributed by atoms with E-state index in [2.05, 4.69) is 10.1 Å². The van der Waals surface area contributed by atoms with E-state index < -0.39 is 29.7 Å². The zero-order chi connectivity index (χ0) is 17.9. The zero-order valence-electron chi connectivity index (χ0n) is 11.2. The molecule has 0 aliphatic carbocycles. The third kappa shape index (κ3) is 5.12. The molecule has 0 heterocycles. The summed E-state index contributed by atoms with van der Waals surface area (Å²) in [7, 11) is 0. The first-order valence-corrected chi connectivity index (χ1v) is 9.26. The number of hydrogen-bond acceptors (Lipinski definition) is 5. The predicted octanol–water partition coefficient (Wildman–Crippen LogP) is 3.08. The molecule has 0 bridgehead atoms. The van der Waals surface area contributed by atoms with Gasteiger partial charge in [0.05, 0.1) is 24.0 Å². The van der Waals surface area contributed by atoms with E-state index in [1.54, 1.807) is 67.8 Å². The molecule has 1 rings (SSSR count). The molecule has 0 saturated heterocycles. The first-order valence-electron chi connectivity index (χ1n) is 5.64. The van der Waals surface area contributed by atoms with Gasteiger partial charge in [-0.3, -0.25) is 14.4 Å². The Morgan fingerprint density at radius 2 is 1.61 bits per heavy atom. The van der Waals surface area contributed by atoms with E-state index in [9.17, 15) is 24.3 Å². The second-order valence-electron chi connectivity index (χ2n) is 3.97. The number of hydrogen-bond donors (Lipinski definition) is 2. The van der Waals surface area contributed by atoms with Crippen LogP contribution in [0.15, 0.2) is 0 Å². The molecule has 0 fully saturated rings. The molecule has 1 aromatic carbocycles. The van der Waals surface area contributed by atoms with Gasteiger partial charge < -0.3 is 15.2 Å². The molecule has 2 N–H and O–H groups in total. The second-order valence-corrected chi connectivity index (χ2v) is 7.55. The van der Waals surface area contributed by atoms with Crippen LogP contribution in [0.25, 0.3) is 0 Å². The van der Waals surface area contributed by atoms with E-state index in [1.807, 2.05) is 0 Å². The highest BCUT2D eigenvalue weighted by Gasteiger charge is 2.27. The molecule has 124 valence electrons. The minimum atomic E-state index is -1.26. The molecule has 0 spiro atoms. The van der Waals surface area contributed by atoms with Crippen molar-refractivity contribution >= 4 is 108 Å². The average molecular weight is 677 g/mol. The lowest BCUT2D eigenvalue weighted by molar-refractivity contribution is -0.144. The predicted molar refractivity (Wildman–Crippen MR) is 107 cm³/mol. The summed E-state index contributed by atoms with van der Waals surface area (Å²) in [4.78, 5) is 45.6. The normalized spacial score (nSPS) is 10.1. The van der Waals surface area contributed by atoms with Crippen LogP contribution in [-0.2, 0) is 14.3 Å². The van der Waals surface area contributed by atoms with Crippen LogP contribution in [0.4, 0.5) is 5.69 Å². The Hall–Kier alpha value is -0.220. The van der Waals surface area contributed by atoms with Gasteiger partial charge in [-0.15, -0.1) is 0 Å². The van der Waals surface area contributed by atoms with E-state index >= 15 is 0 Å². The van der Waals surface area contributed by atoms with Crippen molar-refractivity contribution in [3.63, 3.8) is 0 Å². The van der Waals surface area contributed by atoms with E-state index in [0.29, 0.717) is 3.57 Å². The van der Waals surface area contributed by atoms with Gasteiger partial charge in [0.2, 0.25) is 0 Å². The zero-order valence-corrected chi connectivity index (χ0v) is 18.4. The van der Waals surface area contributed by atoms with Gasteiger partial charge in [-0.25, -0.2) is 4.79 Å². The van der Waals surface area contributed by atoms with Gasteiger partial charge in [0.25, 0.3) is 11.1 Å². The maximum absolute atomic E-state index is 11.8. The first-order chi connectivity index (χ1) is 10.6. The molecule has 0 unspecified atom stereocenters. The number of carboxylic acids is 1. The molecular formula is C12H7ClI3NO6. The van der Waals surface area contributed by atoms with Gasteiger partial charge in [0.1, 0.15) is 0 Å². The first kappa shape index (κ1) is 20.8. The van der Waals surface area contributed by atoms with E-state index in [1.165, 1.54) is 0 Å². The molecule has 1 amide bonds. The molecule has 0 atom stereocenters. The largest absolute Gasteiger partial charge is 0.478 e. The number of carbonyl (C=O) groups is 4. The number of benzene rings is 1. The van der Waals surface area contributed by atoms with Crippen LogP contribution in [0.3, 0.4) is 0 Å². The number of carbonyl (C=O) groups excluding carboxylic acids is 3. The van der Waals surface area contributed by atoms with Crippen molar-refractivity contribution in [2.75, 3.05) is 11.9 Å². The fourth-order valence-corrected chi connectivity index (χ4v) is 6.37. The van der Waals surface area contributed by atoms with E-state index in [4.69, 9.17) is 11.6 Å². The summed E-state index contributed by atoms with van der Waals surface area (Å²) < 4.78 is 5.29. The minimum Gasteiger partial charge on any atom is -0.478 e. The Morgan fingerprint density at radius 3 is 2.04 bits per heavy atom. The summed E-state index contributed by atoms with van der Waals surface area (Å²) >= 11 is 10.8. The highest BCUT2D eigenvalue weighted by molar-refractivity contribution is 14.1. The van der Waals surface area contributed by atoms with Crippen LogP contribution in [0.5, 0.6) is 0 Å². The summed E-state index contributed by atoms with van der Waals surface area (Å²) in [6.07, 6.45) is 0. The number of anilines is 1. The number of ether oxygens (including phenoxy) is 1. The van der Waals surface area contributed by atoms with Crippen LogP contribution in [0.2, 0.25) is 0 Å². The molecular weight excluding hydrogens is 670 g/mol. The third-order valence-electron chi connectivity index (χ3n) is 2.40.